The molecule has 0 radical (unpaired) electrons. The Morgan fingerprint density at radius 2 is 1.94 bits per heavy atom. The van der Waals surface area contributed by atoms with Gasteiger partial charge in [-0.05, 0) is 5.92 Å². The molecular weight excluding hydrogens is 226 g/mol. The fourth-order valence-corrected chi connectivity index (χ4v) is 2.12. The monoisotopic (exact) mass is 247 g/mol. The van der Waals surface area contributed by atoms with E-state index in [1.807, 2.05) is 13.8 Å². The molecule has 6 nitrogen and oxygen atoms in total. The lowest BCUT2D eigenvalue weighted by molar-refractivity contribution is -0.204. The Bertz CT molecular complexity index is 271. The second-order valence-electron chi connectivity index (χ2n) is 4.77. The van der Waals surface area contributed by atoms with Crippen LogP contribution in [0, 0.1) is 5.92 Å². The highest BCUT2D eigenvalue weighted by Crippen LogP contribution is 2.25. The quantitative estimate of drug-likeness (QED) is 0.493. The van der Waals surface area contributed by atoms with E-state index in [0.717, 1.165) is 0 Å². The molecule has 6 heteroatoms. The highest BCUT2D eigenvalue weighted by molar-refractivity contribution is 5.73. The molecule has 1 fully saturated rings. The maximum absolute atomic E-state index is 11.1. The van der Waals surface area contributed by atoms with Crippen LogP contribution in [0.3, 0.4) is 0 Å². The van der Waals surface area contributed by atoms with Gasteiger partial charge in [0.05, 0.1) is 18.8 Å². The summed E-state index contributed by atoms with van der Waals surface area (Å²) < 4.78 is 5.52. The van der Waals surface area contributed by atoms with Crippen molar-refractivity contribution in [1.82, 2.24) is 5.32 Å². The summed E-state index contributed by atoms with van der Waals surface area (Å²) >= 11 is 0. The van der Waals surface area contributed by atoms with Crippen molar-refractivity contribution in [2.45, 2.75) is 51.2 Å². The first-order chi connectivity index (χ1) is 7.88. The predicted octanol–water partition coefficient (Wildman–Crippen LogP) is -1.37. The van der Waals surface area contributed by atoms with Crippen LogP contribution in [0.4, 0.5) is 0 Å². The summed E-state index contributed by atoms with van der Waals surface area (Å²) in [5.74, 6) is -0.249. The molecule has 0 aromatic rings. The molecule has 17 heavy (non-hydrogen) atoms. The minimum Gasteiger partial charge on any atom is -0.394 e. The van der Waals surface area contributed by atoms with Gasteiger partial charge in [-0.15, -0.1) is 0 Å². The number of hydrogen-bond acceptors (Lipinski definition) is 5. The van der Waals surface area contributed by atoms with E-state index in [1.54, 1.807) is 0 Å². The summed E-state index contributed by atoms with van der Waals surface area (Å²) in [5, 5.41) is 31.3. The maximum Gasteiger partial charge on any atom is 0.217 e. The number of aliphatic hydroxyl groups is 3. The second kappa shape index (κ2) is 5.77. The second-order valence-corrected chi connectivity index (χ2v) is 4.77. The largest absolute Gasteiger partial charge is 0.394 e. The van der Waals surface area contributed by atoms with Crippen LogP contribution in [0.25, 0.3) is 0 Å². The number of nitrogens with one attached hydrogen (secondary N) is 1. The van der Waals surface area contributed by atoms with Crippen LogP contribution in [-0.2, 0) is 9.53 Å². The number of hydrogen-bond donors (Lipinski definition) is 4. The van der Waals surface area contributed by atoms with Crippen LogP contribution in [0.5, 0.6) is 0 Å². The molecular formula is C11H21NO5. The van der Waals surface area contributed by atoms with E-state index >= 15 is 0 Å². The third kappa shape index (κ3) is 3.16. The third-order valence-electron chi connectivity index (χ3n) is 2.99. The van der Waals surface area contributed by atoms with Crippen molar-refractivity contribution in [2.75, 3.05) is 6.61 Å². The Hall–Kier alpha value is -0.690. The minimum atomic E-state index is -1.20. The molecule has 5 atom stereocenters. The topological polar surface area (TPSA) is 99.0 Å². The zero-order valence-corrected chi connectivity index (χ0v) is 10.3. The first-order valence-corrected chi connectivity index (χ1v) is 5.78. The molecule has 0 aromatic carbocycles. The molecule has 0 bridgehead atoms. The summed E-state index contributed by atoms with van der Waals surface area (Å²) in [6.45, 7) is 4.75. The molecule has 4 N–H and O–H groups in total. The number of amides is 1. The Kier molecular flexibility index (Phi) is 4.88. The molecule has 1 amide bonds. The number of carbonyl (C=O) groups excluding carboxylic acids is 1. The van der Waals surface area contributed by atoms with Crippen LogP contribution in [-0.4, -0.2) is 58.3 Å². The van der Waals surface area contributed by atoms with Crippen LogP contribution >= 0.6 is 0 Å². The first-order valence-electron chi connectivity index (χ1n) is 5.78. The Labute approximate surface area is 101 Å². The van der Waals surface area contributed by atoms with E-state index in [9.17, 15) is 15.0 Å². The SMILES string of the molecule is CC(=O)NC1[C@H](C(C)C)OC(CO)[C@H](O)[C@H]1O. The van der Waals surface area contributed by atoms with Gasteiger partial charge < -0.3 is 25.4 Å². The van der Waals surface area contributed by atoms with E-state index in [1.165, 1.54) is 6.92 Å². The minimum absolute atomic E-state index is 0.0445. The van der Waals surface area contributed by atoms with Gasteiger partial charge in [-0.25, -0.2) is 0 Å². The molecule has 1 rings (SSSR count). The van der Waals surface area contributed by atoms with Crippen molar-refractivity contribution < 1.29 is 24.9 Å². The summed E-state index contributed by atoms with van der Waals surface area (Å²) in [7, 11) is 0. The summed E-state index contributed by atoms with van der Waals surface area (Å²) in [4.78, 5) is 11.1. The van der Waals surface area contributed by atoms with Gasteiger partial charge in [0, 0.05) is 6.92 Å². The van der Waals surface area contributed by atoms with Crippen molar-refractivity contribution in [1.29, 1.82) is 0 Å². The van der Waals surface area contributed by atoms with Gasteiger partial charge in [-0.2, -0.15) is 0 Å². The van der Waals surface area contributed by atoms with E-state index < -0.39 is 30.5 Å². The van der Waals surface area contributed by atoms with Crippen LogP contribution < -0.4 is 5.32 Å². The number of ether oxygens (including phenoxy) is 1. The van der Waals surface area contributed by atoms with E-state index in [-0.39, 0.29) is 18.4 Å². The molecule has 100 valence electrons. The molecule has 1 aliphatic rings. The zero-order chi connectivity index (χ0) is 13.2. The lowest BCUT2D eigenvalue weighted by Gasteiger charge is -2.44. The fraction of sp³-hybridized carbons (Fsp3) is 0.909. The van der Waals surface area contributed by atoms with Gasteiger partial charge in [-0.1, -0.05) is 13.8 Å². The number of rotatable bonds is 3. The summed E-state index contributed by atoms with van der Waals surface area (Å²) in [5.41, 5.74) is 0. The maximum atomic E-state index is 11.1. The Morgan fingerprint density at radius 1 is 1.35 bits per heavy atom. The molecule has 1 saturated heterocycles. The van der Waals surface area contributed by atoms with Gasteiger partial charge >= 0.3 is 0 Å². The van der Waals surface area contributed by atoms with Crippen molar-refractivity contribution >= 4 is 5.91 Å². The Morgan fingerprint density at radius 3 is 2.35 bits per heavy atom. The van der Waals surface area contributed by atoms with Crippen molar-refractivity contribution in [3.05, 3.63) is 0 Å². The molecule has 2 unspecified atom stereocenters. The molecule has 0 aromatic heterocycles. The normalized spacial score (nSPS) is 38.2. The average molecular weight is 247 g/mol. The van der Waals surface area contributed by atoms with Gasteiger partial charge in [0.2, 0.25) is 5.91 Å². The summed E-state index contributed by atoms with van der Waals surface area (Å²) in [6, 6.07) is -0.662. The van der Waals surface area contributed by atoms with E-state index in [2.05, 4.69) is 5.32 Å². The lowest BCUT2D eigenvalue weighted by atomic mass is 9.87. The molecule has 0 saturated carbocycles. The van der Waals surface area contributed by atoms with Crippen LogP contribution in [0.15, 0.2) is 0 Å². The molecule has 1 heterocycles. The zero-order valence-electron chi connectivity index (χ0n) is 10.3. The summed E-state index contributed by atoms with van der Waals surface area (Å²) in [6.07, 6.45) is -3.60. The van der Waals surface area contributed by atoms with Gasteiger partial charge in [0.25, 0.3) is 0 Å². The van der Waals surface area contributed by atoms with Crippen LogP contribution in [0.1, 0.15) is 20.8 Å². The fourth-order valence-electron chi connectivity index (χ4n) is 2.12. The highest BCUT2D eigenvalue weighted by Gasteiger charge is 2.45. The van der Waals surface area contributed by atoms with Gasteiger partial charge in [0.15, 0.2) is 0 Å². The van der Waals surface area contributed by atoms with Gasteiger partial charge in [-0.3, -0.25) is 4.79 Å². The van der Waals surface area contributed by atoms with Gasteiger partial charge in [0.1, 0.15) is 18.3 Å². The van der Waals surface area contributed by atoms with Crippen molar-refractivity contribution in [3.8, 4) is 0 Å². The standard InChI is InChI=1S/C11H21NO5/c1-5(2)11-8(12-6(3)14)10(16)9(15)7(4-13)17-11/h5,7-11,13,15-16H,4H2,1-3H3,(H,12,14)/t7?,8?,9-,10-,11-/m0/s1. The van der Waals surface area contributed by atoms with Crippen molar-refractivity contribution in [2.24, 2.45) is 5.92 Å². The average Bonchev–Trinajstić information content (AvgIpc) is 2.24. The van der Waals surface area contributed by atoms with E-state index in [4.69, 9.17) is 9.84 Å². The smallest absolute Gasteiger partial charge is 0.217 e. The lowest BCUT2D eigenvalue weighted by Crippen LogP contribution is -2.65. The van der Waals surface area contributed by atoms with Crippen LogP contribution in [0.2, 0.25) is 0 Å². The Balaban J connectivity index is 2.86. The molecule has 0 aliphatic carbocycles. The predicted molar refractivity (Wildman–Crippen MR) is 60.2 cm³/mol. The van der Waals surface area contributed by atoms with Crippen molar-refractivity contribution in [3.63, 3.8) is 0 Å². The molecule has 1 aliphatic heterocycles. The first kappa shape index (κ1) is 14.4. The highest BCUT2D eigenvalue weighted by atomic mass is 16.5. The number of aliphatic hydroxyl groups excluding tert-OH is 3. The van der Waals surface area contributed by atoms with E-state index in [0.29, 0.717) is 0 Å². The number of carbonyl (C=O) groups is 1. The molecule has 0 spiro atoms. The third-order valence-corrected chi connectivity index (χ3v) is 2.99.